The highest BCUT2D eigenvalue weighted by Gasteiger charge is 1.94. The maximum Gasteiger partial charge on any atom is -0.0288 e. The first-order valence-electron chi connectivity index (χ1n) is 12.1. The van der Waals surface area contributed by atoms with Crippen LogP contribution in [0.3, 0.4) is 0 Å². The van der Waals surface area contributed by atoms with E-state index in [1.807, 2.05) is 0 Å². The fourth-order valence-electron chi connectivity index (χ4n) is 3.34. The van der Waals surface area contributed by atoms with Crippen LogP contribution in [-0.2, 0) is 0 Å². The molecule has 0 unspecified atom stereocenters. The SMILES string of the molecule is CC(C)=CCC/C(C)=C/CC/C(C)=C/CC/C=C(\C)CC/C=C(\C)CCC=C(C)C.N. The summed E-state index contributed by atoms with van der Waals surface area (Å²) in [5, 5.41) is 0. The summed E-state index contributed by atoms with van der Waals surface area (Å²) in [4.78, 5) is 0. The van der Waals surface area contributed by atoms with Crippen LogP contribution in [0.2, 0.25) is 0 Å². The molecule has 0 aromatic heterocycles. The molecule has 0 aromatic rings. The van der Waals surface area contributed by atoms with Gasteiger partial charge in [-0.25, -0.2) is 0 Å². The van der Waals surface area contributed by atoms with Crippen LogP contribution in [0.25, 0.3) is 0 Å². The van der Waals surface area contributed by atoms with Gasteiger partial charge in [-0.1, -0.05) is 69.9 Å². The van der Waals surface area contributed by atoms with Crippen molar-refractivity contribution < 1.29 is 0 Å². The lowest BCUT2D eigenvalue weighted by Gasteiger charge is -2.02. The molecule has 178 valence electrons. The molecule has 0 heterocycles. The molecule has 0 aromatic carbocycles. The molecule has 0 spiro atoms. The molecule has 0 saturated carbocycles. The van der Waals surface area contributed by atoms with Gasteiger partial charge in [0.05, 0.1) is 0 Å². The summed E-state index contributed by atoms with van der Waals surface area (Å²) in [5.41, 5.74) is 8.97. The minimum Gasteiger partial charge on any atom is -0.344 e. The molecule has 3 N–H and O–H groups in total. The van der Waals surface area contributed by atoms with Crippen LogP contribution < -0.4 is 6.15 Å². The van der Waals surface area contributed by atoms with Crippen LogP contribution in [0.1, 0.15) is 120 Å². The minimum atomic E-state index is 0. The van der Waals surface area contributed by atoms with Crippen LogP contribution in [0.4, 0.5) is 0 Å². The third-order valence-corrected chi connectivity index (χ3v) is 5.40. The maximum atomic E-state index is 2.43. The van der Waals surface area contributed by atoms with Gasteiger partial charge < -0.3 is 6.15 Å². The van der Waals surface area contributed by atoms with Crippen molar-refractivity contribution >= 4 is 0 Å². The van der Waals surface area contributed by atoms with Gasteiger partial charge >= 0.3 is 0 Å². The summed E-state index contributed by atoms with van der Waals surface area (Å²) in [6, 6.07) is 0. The van der Waals surface area contributed by atoms with Crippen molar-refractivity contribution in [1.82, 2.24) is 6.15 Å². The normalized spacial score (nSPS) is 13.0. The van der Waals surface area contributed by atoms with Gasteiger partial charge in [0.15, 0.2) is 0 Å². The van der Waals surface area contributed by atoms with E-state index < -0.39 is 0 Å². The van der Waals surface area contributed by atoms with Gasteiger partial charge in [-0.2, -0.15) is 0 Å². The molecular weight excluding hydrogens is 374 g/mol. The second-order valence-corrected chi connectivity index (χ2v) is 9.50. The average Bonchev–Trinajstić information content (AvgIpc) is 2.64. The summed E-state index contributed by atoms with van der Waals surface area (Å²) >= 11 is 0. The molecule has 0 aliphatic rings. The van der Waals surface area contributed by atoms with Crippen LogP contribution in [0.15, 0.2) is 69.9 Å². The summed E-state index contributed by atoms with van der Waals surface area (Å²) in [6.07, 6.45) is 26.2. The molecule has 0 bridgehead atoms. The van der Waals surface area contributed by atoms with Gasteiger partial charge in [-0.15, -0.1) is 0 Å². The van der Waals surface area contributed by atoms with Gasteiger partial charge in [0, 0.05) is 0 Å². The van der Waals surface area contributed by atoms with Gasteiger partial charge in [0.1, 0.15) is 0 Å². The van der Waals surface area contributed by atoms with Crippen molar-refractivity contribution in [2.24, 2.45) is 0 Å². The Morgan fingerprint density at radius 3 is 0.839 bits per heavy atom. The third kappa shape index (κ3) is 22.9. The van der Waals surface area contributed by atoms with Crippen molar-refractivity contribution in [2.75, 3.05) is 0 Å². The lowest BCUT2D eigenvalue weighted by molar-refractivity contribution is 0.896. The number of unbranched alkanes of at least 4 members (excludes halogenated alkanes) is 1. The second kappa shape index (κ2) is 20.3. The zero-order valence-corrected chi connectivity index (χ0v) is 22.2. The van der Waals surface area contributed by atoms with E-state index in [-0.39, 0.29) is 6.15 Å². The first kappa shape index (κ1) is 31.6. The predicted octanol–water partition coefficient (Wildman–Crippen LogP) is 10.8. The van der Waals surface area contributed by atoms with E-state index in [0.717, 1.165) is 0 Å². The van der Waals surface area contributed by atoms with Gasteiger partial charge in [-0.3, -0.25) is 0 Å². The van der Waals surface area contributed by atoms with E-state index in [1.54, 1.807) is 0 Å². The van der Waals surface area contributed by atoms with Gasteiger partial charge in [0.2, 0.25) is 0 Å². The zero-order valence-electron chi connectivity index (χ0n) is 22.2. The molecule has 0 aliphatic heterocycles. The molecule has 31 heavy (non-hydrogen) atoms. The van der Waals surface area contributed by atoms with Gasteiger partial charge in [-0.05, 0) is 120 Å². The van der Waals surface area contributed by atoms with E-state index in [9.17, 15) is 0 Å². The van der Waals surface area contributed by atoms with Crippen molar-refractivity contribution in [3.05, 3.63) is 69.9 Å². The number of rotatable bonds is 15. The smallest absolute Gasteiger partial charge is 0.0288 e. The van der Waals surface area contributed by atoms with Gasteiger partial charge in [0.25, 0.3) is 0 Å². The molecule has 0 aliphatic carbocycles. The Bertz CT molecular complexity index is 584. The molecule has 0 fully saturated rings. The number of hydrogen-bond donors (Lipinski definition) is 1. The molecule has 0 radical (unpaired) electrons. The Hall–Kier alpha value is -1.60. The van der Waals surface area contributed by atoms with Crippen molar-refractivity contribution in [3.8, 4) is 0 Å². The Morgan fingerprint density at radius 1 is 0.355 bits per heavy atom. The Balaban J connectivity index is 0. The van der Waals surface area contributed by atoms with E-state index in [1.165, 1.54) is 97.6 Å². The van der Waals surface area contributed by atoms with E-state index in [2.05, 4.69) is 91.8 Å². The second-order valence-electron chi connectivity index (χ2n) is 9.50. The molecule has 1 heteroatoms. The topological polar surface area (TPSA) is 35.0 Å². The van der Waals surface area contributed by atoms with E-state index in [0.29, 0.717) is 0 Å². The summed E-state index contributed by atoms with van der Waals surface area (Å²) in [6.45, 7) is 17.8. The molecule has 1 nitrogen and oxygen atoms in total. The minimum absolute atomic E-state index is 0. The average molecular weight is 428 g/mol. The number of hydrogen-bond acceptors (Lipinski definition) is 1. The fourth-order valence-corrected chi connectivity index (χ4v) is 3.34. The quantitative estimate of drug-likeness (QED) is 0.204. The van der Waals surface area contributed by atoms with Crippen LogP contribution >= 0.6 is 0 Å². The summed E-state index contributed by atoms with van der Waals surface area (Å²) < 4.78 is 0. The van der Waals surface area contributed by atoms with E-state index in [4.69, 9.17) is 0 Å². The molecule has 0 atom stereocenters. The predicted molar refractivity (Wildman–Crippen MR) is 145 cm³/mol. The molecule has 0 rings (SSSR count). The van der Waals surface area contributed by atoms with Crippen LogP contribution in [0, 0.1) is 0 Å². The van der Waals surface area contributed by atoms with Crippen LogP contribution in [-0.4, -0.2) is 0 Å². The molecule has 0 amide bonds. The lowest BCUT2D eigenvalue weighted by atomic mass is 10.0. The highest BCUT2D eigenvalue weighted by atomic mass is 14.0. The largest absolute Gasteiger partial charge is 0.344 e. The van der Waals surface area contributed by atoms with Crippen molar-refractivity contribution in [1.29, 1.82) is 0 Å². The zero-order chi connectivity index (χ0) is 22.8. The third-order valence-electron chi connectivity index (χ3n) is 5.40. The molecular formula is C30H53N. The highest BCUT2D eigenvalue weighted by Crippen LogP contribution is 2.14. The first-order chi connectivity index (χ1) is 14.2. The maximum absolute atomic E-state index is 2.43. The monoisotopic (exact) mass is 427 g/mol. The van der Waals surface area contributed by atoms with Crippen LogP contribution in [0.5, 0.6) is 0 Å². The summed E-state index contributed by atoms with van der Waals surface area (Å²) in [5.74, 6) is 0. The Kier molecular flexibility index (Phi) is 20.7. The highest BCUT2D eigenvalue weighted by molar-refractivity contribution is 5.08. The lowest BCUT2D eigenvalue weighted by Crippen LogP contribution is -1.82. The Labute approximate surface area is 195 Å². The first-order valence-corrected chi connectivity index (χ1v) is 12.1. The molecule has 0 saturated heterocycles. The summed E-state index contributed by atoms with van der Waals surface area (Å²) in [7, 11) is 0. The number of allylic oxidation sites excluding steroid dienone is 12. The van der Waals surface area contributed by atoms with Crippen molar-refractivity contribution in [2.45, 2.75) is 120 Å². The van der Waals surface area contributed by atoms with Crippen molar-refractivity contribution in [3.63, 3.8) is 0 Å². The van der Waals surface area contributed by atoms with E-state index >= 15 is 0 Å². The Morgan fingerprint density at radius 2 is 0.581 bits per heavy atom. The fraction of sp³-hybridized carbons (Fsp3) is 0.600. The standard InChI is InChI=1S/C30H50.H3N/c1-25(2)15-11-19-29(7)23-13-21-27(5)17-9-10-18-28(6)22-14-24-30(8)20-12-16-26(3)4;/h15-18,23-24H,9-14,19-22H2,1-8H3;1H3/b27-17+,28-18+,29-23+,30-24+;.